The number of carbonyl (C=O) groups excluding carboxylic acids is 1. The average molecular weight is 285 g/mol. The Morgan fingerprint density at radius 3 is 2.71 bits per heavy atom. The maximum atomic E-state index is 12.6. The Hall–Kier alpha value is -2.56. The van der Waals surface area contributed by atoms with Crippen LogP contribution in [0.5, 0.6) is 0 Å². The van der Waals surface area contributed by atoms with Crippen molar-refractivity contribution in [3.8, 4) is 0 Å². The zero-order chi connectivity index (χ0) is 15.0. The summed E-state index contributed by atoms with van der Waals surface area (Å²) in [5.74, 6) is -0.817. The number of aryl methyl sites for hydroxylation is 1. The Morgan fingerprint density at radius 2 is 2.05 bits per heavy atom. The van der Waals surface area contributed by atoms with Crippen LogP contribution in [-0.4, -0.2) is 28.4 Å². The Balaban J connectivity index is 2.02. The summed E-state index contributed by atoms with van der Waals surface area (Å²) >= 11 is 0. The number of aliphatic carboxylic acids is 1. The van der Waals surface area contributed by atoms with Crippen molar-refractivity contribution in [1.82, 2.24) is 4.90 Å². The first-order valence-electron chi connectivity index (χ1n) is 6.75. The molecule has 2 heterocycles. The van der Waals surface area contributed by atoms with E-state index in [0.717, 1.165) is 5.56 Å². The van der Waals surface area contributed by atoms with Crippen LogP contribution in [-0.2, 0) is 11.2 Å². The molecule has 1 amide bonds. The van der Waals surface area contributed by atoms with E-state index in [4.69, 9.17) is 4.42 Å². The molecule has 0 saturated carbocycles. The van der Waals surface area contributed by atoms with Gasteiger partial charge in [0.25, 0.3) is 5.91 Å². The molecule has 5 nitrogen and oxygen atoms in total. The SMILES string of the molecule is Cc1occc1C(=O)N1CCc2ccccc2C1C(=O)O. The zero-order valence-corrected chi connectivity index (χ0v) is 11.6. The molecule has 1 aliphatic rings. The predicted octanol–water partition coefficient (Wildman–Crippen LogP) is 2.41. The van der Waals surface area contributed by atoms with Crippen molar-refractivity contribution < 1.29 is 19.1 Å². The predicted molar refractivity (Wildman–Crippen MR) is 75.0 cm³/mol. The van der Waals surface area contributed by atoms with Gasteiger partial charge in [-0.05, 0) is 30.5 Å². The molecule has 1 aromatic heterocycles. The molecule has 1 unspecified atom stereocenters. The summed E-state index contributed by atoms with van der Waals surface area (Å²) < 4.78 is 5.15. The van der Waals surface area contributed by atoms with Crippen LogP contribution in [0.15, 0.2) is 41.0 Å². The lowest BCUT2D eigenvalue weighted by atomic mass is 9.92. The molecule has 0 bridgehead atoms. The highest BCUT2D eigenvalue weighted by Gasteiger charge is 2.36. The van der Waals surface area contributed by atoms with Gasteiger partial charge in [-0.1, -0.05) is 24.3 Å². The van der Waals surface area contributed by atoms with E-state index in [1.54, 1.807) is 25.1 Å². The smallest absolute Gasteiger partial charge is 0.331 e. The first-order valence-corrected chi connectivity index (χ1v) is 6.75. The van der Waals surface area contributed by atoms with Crippen LogP contribution in [0.3, 0.4) is 0 Å². The Labute approximate surface area is 121 Å². The van der Waals surface area contributed by atoms with Gasteiger partial charge < -0.3 is 14.4 Å². The monoisotopic (exact) mass is 285 g/mol. The molecule has 0 aliphatic carbocycles. The third kappa shape index (κ3) is 2.20. The molecule has 0 spiro atoms. The summed E-state index contributed by atoms with van der Waals surface area (Å²) in [6, 6.07) is 8.00. The number of rotatable bonds is 2. The number of carbonyl (C=O) groups is 2. The maximum Gasteiger partial charge on any atom is 0.331 e. The minimum absolute atomic E-state index is 0.303. The molecule has 2 aromatic rings. The lowest BCUT2D eigenvalue weighted by Gasteiger charge is -2.34. The number of fused-ring (bicyclic) bond motifs is 1. The van der Waals surface area contributed by atoms with Crippen LogP contribution in [0.4, 0.5) is 0 Å². The third-order valence-corrected chi connectivity index (χ3v) is 3.87. The van der Waals surface area contributed by atoms with Crippen molar-refractivity contribution in [1.29, 1.82) is 0 Å². The number of benzene rings is 1. The summed E-state index contributed by atoms with van der Waals surface area (Å²) in [6.07, 6.45) is 2.10. The molecule has 0 fully saturated rings. The molecular formula is C16H15NO4. The number of hydrogen-bond acceptors (Lipinski definition) is 3. The van der Waals surface area contributed by atoms with Crippen LogP contribution in [0.1, 0.15) is 33.3 Å². The third-order valence-electron chi connectivity index (χ3n) is 3.87. The molecule has 21 heavy (non-hydrogen) atoms. The van der Waals surface area contributed by atoms with Gasteiger partial charge in [0.2, 0.25) is 0 Å². The van der Waals surface area contributed by atoms with E-state index < -0.39 is 12.0 Å². The van der Waals surface area contributed by atoms with Crippen molar-refractivity contribution in [2.24, 2.45) is 0 Å². The fourth-order valence-corrected chi connectivity index (χ4v) is 2.81. The molecule has 0 radical (unpaired) electrons. The van der Waals surface area contributed by atoms with Gasteiger partial charge in [-0.2, -0.15) is 0 Å². The van der Waals surface area contributed by atoms with E-state index in [1.165, 1.54) is 11.2 Å². The Kier molecular flexibility index (Phi) is 3.25. The van der Waals surface area contributed by atoms with Crippen molar-refractivity contribution in [2.45, 2.75) is 19.4 Å². The molecule has 108 valence electrons. The van der Waals surface area contributed by atoms with Gasteiger partial charge in [-0.15, -0.1) is 0 Å². The highest BCUT2D eigenvalue weighted by Crippen LogP contribution is 2.31. The minimum Gasteiger partial charge on any atom is -0.479 e. The second kappa shape index (κ2) is 5.09. The van der Waals surface area contributed by atoms with Gasteiger partial charge in [0.15, 0.2) is 6.04 Å². The minimum atomic E-state index is -1.02. The number of nitrogens with zero attached hydrogens (tertiary/aromatic N) is 1. The second-order valence-electron chi connectivity index (χ2n) is 5.08. The summed E-state index contributed by atoms with van der Waals surface area (Å²) in [7, 11) is 0. The molecule has 5 heteroatoms. The molecule has 1 atom stereocenters. The Morgan fingerprint density at radius 1 is 1.29 bits per heavy atom. The first kappa shape index (κ1) is 13.4. The van der Waals surface area contributed by atoms with Crippen LogP contribution < -0.4 is 0 Å². The van der Waals surface area contributed by atoms with Gasteiger partial charge in [-0.25, -0.2) is 4.79 Å². The molecule has 1 aromatic carbocycles. The fourth-order valence-electron chi connectivity index (χ4n) is 2.81. The summed E-state index contributed by atoms with van der Waals surface area (Å²) in [4.78, 5) is 25.7. The topological polar surface area (TPSA) is 70.8 Å². The lowest BCUT2D eigenvalue weighted by molar-refractivity contribution is -0.143. The number of amides is 1. The normalized spacial score (nSPS) is 17.4. The van der Waals surface area contributed by atoms with Crippen LogP contribution >= 0.6 is 0 Å². The van der Waals surface area contributed by atoms with Gasteiger partial charge in [0.05, 0.1) is 11.8 Å². The lowest BCUT2D eigenvalue weighted by Crippen LogP contribution is -2.43. The van der Waals surface area contributed by atoms with Crippen LogP contribution in [0.2, 0.25) is 0 Å². The van der Waals surface area contributed by atoms with Crippen molar-refractivity contribution >= 4 is 11.9 Å². The van der Waals surface area contributed by atoms with Gasteiger partial charge in [-0.3, -0.25) is 4.79 Å². The van der Waals surface area contributed by atoms with Crippen LogP contribution in [0, 0.1) is 6.92 Å². The zero-order valence-electron chi connectivity index (χ0n) is 11.6. The highest BCUT2D eigenvalue weighted by atomic mass is 16.4. The van der Waals surface area contributed by atoms with E-state index in [9.17, 15) is 14.7 Å². The Bertz CT molecular complexity index is 704. The standard InChI is InChI=1S/C16H15NO4/c1-10-12(7-9-21-10)15(18)17-8-6-11-4-2-3-5-13(11)14(17)16(19)20/h2-5,7,9,14H,6,8H2,1H3,(H,19,20). The molecular weight excluding hydrogens is 270 g/mol. The largest absolute Gasteiger partial charge is 0.479 e. The summed E-state index contributed by atoms with van der Waals surface area (Å²) in [6.45, 7) is 2.08. The van der Waals surface area contributed by atoms with Gasteiger partial charge >= 0.3 is 5.97 Å². The fraction of sp³-hybridized carbons (Fsp3) is 0.250. The van der Waals surface area contributed by atoms with E-state index in [-0.39, 0.29) is 5.91 Å². The van der Waals surface area contributed by atoms with Crippen molar-refractivity contribution in [2.75, 3.05) is 6.54 Å². The summed E-state index contributed by atoms with van der Waals surface area (Å²) in [5.41, 5.74) is 2.09. The maximum absolute atomic E-state index is 12.6. The molecule has 1 N–H and O–H groups in total. The molecule has 0 saturated heterocycles. The van der Waals surface area contributed by atoms with E-state index in [0.29, 0.717) is 29.9 Å². The van der Waals surface area contributed by atoms with Crippen molar-refractivity contribution in [3.63, 3.8) is 0 Å². The van der Waals surface area contributed by atoms with Crippen LogP contribution in [0.25, 0.3) is 0 Å². The second-order valence-corrected chi connectivity index (χ2v) is 5.08. The number of carboxylic acids is 1. The first-order chi connectivity index (χ1) is 10.1. The summed E-state index contributed by atoms with van der Waals surface area (Å²) in [5, 5.41) is 9.55. The molecule has 1 aliphatic heterocycles. The number of hydrogen-bond donors (Lipinski definition) is 1. The number of carboxylic acid groups (broad SMARTS) is 1. The van der Waals surface area contributed by atoms with Gasteiger partial charge in [0.1, 0.15) is 5.76 Å². The quantitative estimate of drug-likeness (QED) is 0.919. The van der Waals surface area contributed by atoms with Crippen molar-refractivity contribution in [3.05, 3.63) is 59.0 Å². The van der Waals surface area contributed by atoms with E-state index in [2.05, 4.69) is 0 Å². The van der Waals surface area contributed by atoms with E-state index in [1.807, 2.05) is 12.1 Å². The molecule has 3 rings (SSSR count). The highest BCUT2D eigenvalue weighted by molar-refractivity contribution is 5.98. The average Bonchev–Trinajstić information content (AvgIpc) is 2.91. The van der Waals surface area contributed by atoms with Gasteiger partial charge in [0, 0.05) is 6.54 Å². The van der Waals surface area contributed by atoms with E-state index >= 15 is 0 Å². The number of furan rings is 1.